The molecule has 4 rings (SSSR count). The fraction of sp³-hybridized carbons (Fsp3) is 0.250. The van der Waals surface area contributed by atoms with E-state index in [0.29, 0.717) is 5.95 Å². The summed E-state index contributed by atoms with van der Waals surface area (Å²) in [6, 6.07) is 17.0. The largest absolute Gasteiger partial charge is 0.365 e. The van der Waals surface area contributed by atoms with Gasteiger partial charge in [-0.15, -0.1) is 5.10 Å². The predicted octanol–water partition coefficient (Wildman–Crippen LogP) is 3.35. The standard InChI is InChI=1S/C20H21N5/c1-15-5-4-6-16(11-15)12-21-19-13-22-24-20(23-19)25-10-9-17-7-2-3-8-18(17)14-25/h2-8,11,13H,9-10,12,14H2,1H3,(H,21,23,24). The number of anilines is 2. The Kier molecular flexibility index (Phi) is 4.29. The van der Waals surface area contributed by atoms with Gasteiger partial charge < -0.3 is 10.2 Å². The van der Waals surface area contributed by atoms with E-state index in [1.165, 1.54) is 22.3 Å². The highest BCUT2D eigenvalue weighted by Crippen LogP contribution is 2.22. The monoisotopic (exact) mass is 331 g/mol. The minimum Gasteiger partial charge on any atom is -0.365 e. The molecule has 0 radical (unpaired) electrons. The summed E-state index contributed by atoms with van der Waals surface area (Å²) in [6.07, 6.45) is 2.69. The van der Waals surface area contributed by atoms with E-state index < -0.39 is 0 Å². The van der Waals surface area contributed by atoms with Gasteiger partial charge in [0.1, 0.15) is 0 Å². The van der Waals surface area contributed by atoms with Crippen molar-refractivity contribution in [3.8, 4) is 0 Å². The van der Waals surface area contributed by atoms with Crippen LogP contribution < -0.4 is 10.2 Å². The second-order valence-corrected chi connectivity index (χ2v) is 6.42. The molecule has 2 heterocycles. The molecule has 0 aliphatic carbocycles. The van der Waals surface area contributed by atoms with Crippen LogP contribution in [0.25, 0.3) is 0 Å². The number of hydrogen-bond acceptors (Lipinski definition) is 5. The van der Waals surface area contributed by atoms with Crippen LogP contribution in [0.15, 0.2) is 54.7 Å². The van der Waals surface area contributed by atoms with E-state index in [1.807, 2.05) is 0 Å². The van der Waals surface area contributed by atoms with Gasteiger partial charge in [0.25, 0.3) is 0 Å². The first-order valence-electron chi connectivity index (χ1n) is 8.59. The van der Waals surface area contributed by atoms with Crippen molar-refractivity contribution in [1.82, 2.24) is 15.2 Å². The molecule has 1 aromatic heterocycles. The third kappa shape index (κ3) is 3.60. The van der Waals surface area contributed by atoms with E-state index in [2.05, 4.69) is 80.9 Å². The van der Waals surface area contributed by atoms with Crippen molar-refractivity contribution in [2.24, 2.45) is 0 Å². The van der Waals surface area contributed by atoms with Crippen LogP contribution >= 0.6 is 0 Å². The zero-order chi connectivity index (χ0) is 17.1. The van der Waals surface area contributed by atoms with Crippen molar-refractivity contribution in [3.05, 3.63) is 77.0 Å². The van der Waals surface area contributed by atoms with Crippen LogP contribution in [0, 0.1) is 6.92 Å². The van der Waals surface area contributed by atoms with Gasteiger partial charge in [-0.3, -0.25) is 0 Å². The first kappa shape index (κ1) is 15.6. The lowest BCUT2D eigenvalue weighted by molar-refractivity contribution is 0.697. The van der Waals surface area contributed by atoms with Crippen molar-refractivity contribution in [2.75, 3.05) is 16.8 Å². The quantitative estimate of drug-likeness (QED) is 0.794. The molecule has 3 aromatic rings. The Bertz CT molecular complexity index is 877. The van der Waals surface area contributed by atoms with E-state index in [-0.39, 0.29) is 0 Å². The normalized spacial score (nSPS) is 13.4. The summed E-state index contributed by atoms with van der Waals surface area (Å²) >= 11 is 0. The first-order chi connectivity index (χ1) is 12.3. The van der Waals surface area contributed by atoms with E-state index in [4.69, 9.17) is 0 Å². The maximum absolute atomic E-state index is 4.65. The van der Waals surface area contributed by atoms with Gasteiger partial charge in [-0.1, -0.05) is 54.1 Å². The van der Waals surface area contributed by atoms with Gasteiger partial charge in [-0.25, -0.2) is 0 Å². The molecule has 0 amide bonds. The lowest BCUT2D eigenvalue weighted by atomic mass is 10.0. The third-order valence-corrected chi connectivity index (χ3v) is 4.52. The van der Waals surface area contributed by atoms with E-state index >= 15 is 0 Å². The number of fused-ring (bicyclic) bond motifs is 1. The third-order valence-electron chi connectivity index (χ3n) is 4.52. The van der Waals surface area contributed by atoms with E-state index in [0.717, 1.165) is 31.9 Å². The molecule has 1 aliphatic rings. The highest BCUT2D eigenvalue weighted by molar-refractivity contribution is 5.43. The number of aromatic nitrogens is 3. The molecular formula is C20H21N5. The van der Waals surface area contributed by atoms with Gasteiger partial charge in [-0.2, -0.15) is 10.1 Å². The van der Waals surface area contributed by atoms with Crippen molar-refractivity contribution < 1.29 is 0 Å². The molecule has 0 spiro atoms. The van der Waals surface area contributed by atoms with Crippen molar-refractivity contribution >= 4 is 11.8 Å². The molecule has 25 heavy (non-hydrogen) atoms. The number of aryl methyl sites for hydroxylation is 1. The molecule has 5 nitrogen and oxygen atoms in total. The summed E-state index contributed by atoms with van der Waals surface area (Å²) in [5, 5.41) is 11.7. The highest BCUT2D eigenvalue weighted by Gasteiger charge is 2.18. The number of nitrogens with zero attached hydrogens (tertiary/aromatic N) is 4. The summed E-state index contributed by atoms with van der Waals surface area (Å²) in [7, 11) is 0. The summed E-state index contributed by atoms with van der Waals surface area (Å²) in [4.78, 5) is 6.84. The number of hydrogen-bond donors (Lipinski definition) is 1. The lowest BCUT2D eigenvalue weighted by Gasteiger charge is -2.28. The Balaban J connectivity index is 1.46. The van der Waals surface area contributed by atoms with Crippen LogP contribution in [-0.4, -0.2) is 21.7 Å². The Labute approximate surface area is 147 Å². The highest BCUT2D eigenvalue weighted by atomic mass is 15.3. The molecule has 2 aromatic carbocycles. The topological polar surface area (TPSA) is 53.9 Å². The first-order valence-corrected chi connectivity index (χ1v) is 8.59. The van der Waals surface area contributed by atoms with Crippen LogP contribution in [0.3, 0.4) is 0 Å². The SMILES string of the molecule is Cc1cccc(CNc2cnnc(N3CCc4ccccc4C3)n2)c1. The van der Waals surface area contributed by atoms with Gasteiger partial charge in [-0.05, 0) is 30.0 Å². The van der Waals surface area contributed by atoms with Crippen LogP contribution in [0.5, 0.6) is 0 Å². The van der Waals surface area contributed by atoms with Crippen molar-refractivity contribution in [2.45, 2.75) is 26.4 Å². The maximum Gasteiger partial charge on any atom is 0.247 e. The van der Waals surface area contributed by atoms with E-state index in [1.54, 1.807) is 6.20 Å². The zero-order valence-electron chi connectivity index (χ0n) is 14.3. The van der Waals surface area contributed by atoms with Gasteiger partial charge in [0, 0.05) is 19.6 Å². The maximum atomic E-state index is 4.65. The fourth-order valence-electron chi connectivity index (χ4n) is 3.19. The molecule has 0 saturated heterocycles. The summed E-state index contributed by atoms with van der Waals surface area (Å²) in [5.74, 6) is 1.44. The average Bonchev–Trinajstić information content (AvgIpc) is 2.66. The average molecular weight is 331 g/mol. The molecule has 0 unspecified atom stereocenters. The van der Waals surface area contributed by atoms with Gasteiger partial charge >= 0.3 is 0 Å². The second-order valence-electron chi connectivity index (χ2n) is 6.42. The minimum absolute atomic E-state index is 0.684. The summed E-state index contributed by atoms with van der Waals surface area (Å²) in [5.41, 5.74) is 5.25. The Hall–Kier alpha value is -2.95. The molecule has 0 saturated carbocycles. The molecule has 0 atom stereocenters. The predicted molar refractivity (Wildman–Crippen MR) is 99.5 cm³/mol. The zero-order valence-corrected chi connectivity index (χ0v) is 14.3. The molecule has 1 aliphatic heterocycles. The van der Waals surface area contributed by atoms with Crippen LogP contribution in [-0.2, 0) is 19.5 Å². The van der Waals surface area contributed by atoms with Gasteiger partial charge in [0.15, 0.2) is 5.82 Å². The van der Waals surface area contributed by atoms with Crippen molar-refractivity contribution in [1.29, 1.82) is 0 Å². The number of benzene rings is 2. The van der Waals surface area contributed by atoms with Crippen LogP contribution in [0.1, 0.15) is 22.3 Å². The molecule has 0 fully saturated rings. The molecular weight excluding hydrogens is 310 g/mol. The Morgan fingerprint density at radius 3 is 2.84 bits per heavy atom. The minimum atomic E-state index is 0.684. The van der Waals surface area contributed by atoms with Crippen LogP contribution in [0.2, 0.25) is 0 Å². The van der Waals surface area contributed by atoms with Gasteiger partial charge in [0.2, 0.25) is 5.95 Å². The molecule has 126 valence electrons. The van der Waals surface area contributed by atoms with Gasteiger partial charge in [0.05, 0.1) is 6.20 Å². The molecule has 5 heteroatoms. The fourth-order valence-corrected chi connectivity index (χ4v) is 3.19. The lowest BCUT2D eigenvalue weighted by Crippen LogP contribution is -2.32. The molecule has 0 bridgehead atoms. The number of nitrogens with one attached hydrogen (secondary N) is 1. The van der Waals surface area contributed by atoms with Crippen LogP contribution in [0.4, 0.5) is 11.8 Å². The van der Waals surface area contributed by atoms with E-state index in [9.17, 15) is 0 Å². The Morgan fingerprint density at radius 1 is 1.08 bits per heavy atom. The summed E-state index contributed by atoms with van der Waals surface area (Å²) < 4.78 is 0. The van der Waals surface area contributed by atoms with Crippen molar-refractivity contribution in [3.63, 3.8) is 0 Å². The number of rotatable bonds is 4. The molecule has 1 N–H and O–H groups in total. The second kappa shape index (κ2) is 6.89. The summed E-state index contributed by atoms with van der Waals surface area (Å²) in [6.45, 7) is 4.57. The smallest absolute Gasteiger partial charge is 0.247 e. The Morgan fingerprint density at radius 2 is 1.96 bits per heavy atom.